The molecule has 0 spiro atoms. The highest BCUT2D eigenvalue weighted by atomic mass is 35.5. The fraction of sp³-hybridized carbons (Fsp3) is 0.360. The summed E-state index contributed by atoms with van der Waals surface area (Å²) < 4.78 is 42.1. The Morgan fingerprint density at radius 1 is 1.10 bits per heavy atom. The van der Waals surface area contributed by atoms with Crippen LogP contribution in [0.1, 0.15) is 43.1 Å². The molecule has 11 nitrogen and oxygen atoms in total. The van der Waals surface area contributed by atoms with Crippen LogP contribution in [0.4, 0.5) is 13.2 Å². The second kappa shape index (κ2) is 11.7. The molecule has 0 fully saturated rings. The molecule has 1 aromatic carbocycles. The minimum absolute atomic E-state index is 0.0812. The van der Waals surface area contributed by atoms with E-state index in [-0.39, 0.29) is 46.6 Å². The van der Waals surface area contributed by atoms with Crippen molar-refractivity contribution in [3.63, 3.8) is 0 Å². The zero-order chi connectivity index (χ0) is 30.1. The predicted octanol–water partition coefficient (Wildman–Crippen LogP) is 3.70. The van der Waals surface area contributed by atoms with Gasteiger partial charge in [-0.2, -0.15) is 13.2 Å². The van der Waals surface area contributed by atoms with Gasteiger partial charge in [0.25, 0.3) is 0 Å². The summed E-state index contributed by atoms with van der Waals surface area (Å²) in [6, 6.07) is 7.33. The molecule has 0 aliphatic heterocycles. The molecule has 0 saturated carbocycles. The van der Waals surface area contributed by atoms with Gasteiger partial charge in [-0.05, 0) is 50.6 Å². The first-order valence-electron chi connectivity index (χ1n) is 12.1. The molecular weight excluding hydrogens is 590 g/mol. The zero-order valence-electron chi connectivity index (χ0n) is 21.7. The lowest BCUT2D eigenvalue weighted by molar-refractivity contribution is -0.207. The summed E-state index contributed by atoms with van der Waals surface area (Å²) in [5.41, 5.74) is -1.63. The number of carbonyl (C=O) groups is 1. The molecule has 218 valence electrons. The summed E-state index contributed by atoms with van der Waals surface area (Å²) >= 11 is 12.2. The third-order valence-corrected chi connectivity index (χ3v) is 6.46. The van der Waals surface area contributed by atoms with E-state index in [2.05, 4.69) is 20.2 Å². The average Bonchev–Trinajstić information content (AvgIpc) is 3.44. The summed E-state index contributed by atoms with van der Waals surface area (Å²) in [6.45, 7) is 1.54. The SMILES string of the molecule is CC(C)(O)CCC(=O)c1nc(Cn2nc(-c3ccc(Cl)cc3)n(C[C@H](O)C(F)(F)F)c2=O)nn1-c1cnccc1Cl. The second-order valence-electron chi connectivity index (χ2n) is 9.76. The van der Waals surface area contributed by atoms with E-state index in [4.69, 9.17) is 23.2 Å². The number of aromatic nitrogens is 7. The first-order valence-corrected chi connectivity index (χ1v) is 12.9. The van der Waals surface area contributed by atoms with Crippen molar-refractivity contribution in [2.45, 2.75) is 57.7 Å². The summed E-state index contributed by atoms with van der Waals surface area (Å²) in [5.74, 6) is -0.885. The molecule has 3 heterocycles. The highest BCUT2D eigenvalue weighted by Gasteiger charge is 2.39. The lowest BCUT2D eigenvalue weighted by atomic mass is 10.0. The fourth-order valence-corrected chi connectivity index (χ4v) is 4.07. The van der Waals surface area contributed by atoms with Gasteiger partial charge in [-0.15, -0.1) is 10.2 Å². The van der Waals surface area contributed by atoms with Gasteiger partial charge in [0.2, 0.25) is 0 Å². The van der Waals surface area contributed by atoms with Crippen LogP contribution >= 0.6 is 23.2 Å². The second-order valence-corrected chi connectivity index (χ2v) is 10.6. The van der Waals surface area contributed by atoms with E-state index >= 15 is 0 Å². The number of aliphatic hydroxyl groups excluding tert-OH is 1. The molecule has 0 amide bonds. The van der Waals surface area contributed by atoms with Gasteiger partial charge in [0, 0.05) is 23.2 Å². The van der Waals surface area contributed by atoms with E-state index in [0.717, 1.165) is 9.36 Å². The highest BCUT2D eigenvalue weighted by molar-refractivity contribution is 6.32. The molecule has 0 unspecified atom stereocenters. The molecule has 0 saturated heterocycles. The van der Waals surface area contributed by atoms with E-state index in [1.54, 1.807) is 13.8 Å². The maximum atomic E-state index is 13.2. The molecule has 4 rings (SSSR count). The highest BCUT2D eigenvalue weighted by Crippen LogP contribution is 2.25. The number of ketones is 1. The van der Waals surface area contributed by atoms with Crippen molar-refractivity contribution in [1.29, 1.82) is 0 Å². The van der Waals surface area contributed by atoms with E-state index < -0.39 is 42.4 Å². The van der Waals surface area contributed by atoms with Crippen molar-refractivity contribution in [2.75, 3.05) is 0 Å². The van der Waals surface area contributed by atoms with Crippen LogP contribution in [0.25, 0.3) is 17.1 Å². The predicted molar refractivity (Wildman–Crippen MR) is 142 cm³/mol. The summed E-state index contributed by atoms with van der Waals surface area (Å²) in [4.78, 5) is 34.6. The first kappa shape index (κ1) is 30.4. The quantitative estimate of drug-likeness (QED) is 0.258. The Labute approximate surface area is 240 Å². The Kier molecular flexibility index (Phi) is 8.68. The van der Waals surface area contributed by atoms with Crippen molar-refractivity contribution in [2.24, 2.45) is 0 Å². The Bertz CT molecular complexity index is 1610. The van der Waals surface area contributed by atoms with Gasteiger partial charge in [-0.1, -0.05) is 23.2 Å². The largest absolute Gasteiger partial charge is 0.416 e. The molecule has 0 radical (unpaired) electrons. The number of rotatable bonds is 10. The minimum Gasteiger partial charge on any atom is -0.390 e. The van der Waals surface area contributed by atoms with Crippen LogP contribution in [-0.4, -0.2) is 68.0 Å². The van der Waals surface area contributed by atoms with Crippen molar-refractivity contribution in [3.05, 3.63) is 74.9 Å². The van der Waals surface area contributed by atoms with Gasteiger partial charge in [-0.25, -0.2) is 19.1 Å². The number of pyridine rings is 1. The van der Waals surface area contributed by atoms with Crippen LogP contribution in [0.15, 0.2) is 47.5 Å². The average molecular weight is 614 g/mol. The monoisotopic (exact) mass is 613 g/mol. The molecule has 0 bridgehead atoms. The topological polar surface area (TPSA) is 141 Å². The number of nitrogens with zero attached hydrogens (tertiary/aromatic N) is 7. The molecule has 4 aromatic rings. The summed E-state index contributed by atoms with van der Waals surface area (Å²) in [5, 5.41) is 28.8. The van der Waals surface area contributed by atoms with Crippen LogP contribution in [0.5, 0.6) is 0 Å². The van der Waals surface area contributed by atoms with Gasteiger partial charge < -0.3 is 10.2 Å². The van der Waals surface area contributed by atoms with Gasteiger partial charge in [-0.3, -0.25) is 14.3 Å². The Hall–Kier alpha value is -3.59. The molecule has 1 atom stereocenters. The lowest BCUT2D eigenvalue weighted by Gasteiger charge is -2.15. The number of hydrogen-bond acceptors (Lipinski definition) is 8. The molecule has 0 aliphatic rings. The van der Waals surface area contributed by atoms with E-state index in [0.29, 0.717) is 9.59 Å². The van der Waals surface area contributed by atoms with Crippen LogP contribution in [-0.2, 0) is 13.1 Å². The minimum atomic E-state index is -4.99. The third-order valence-electron chi connectivity index (χ3n) is 5.89. The normalized spacial score (nSPS) is 13.0. The van der Waals surface area contributed by atoms with Crippen LogP contribution in [0, 0.1) is 0 Å². The number of benzene rings is 1. The molecular formula is C25H24Cl2F3N7O4. The number of alkyl halides is 3. The van der Waals surface area contributed by atoms with Crippen molar-refractivity contribution < 1.29 is 28.2 Å². The number of Topliss-reactive ketones (excluding diaryl/α,β-unsaturated/α-hetero) is 1. The van der Waals surface area contributed by atoms with Crippen LogP contribution < -0.4 is 5.69 Å². The van der Waals surface area contributed by atoms with Gasteiger partial charge in [0.15, 0.2) is 29.4 Å². The summed E-state index contributed by atoms with van der Waals surface area (Å²) in [6.07, 6.45) is -5.02. The fourth-order valence-electron chi connectivity index (χ4n) is 3.76. The Morgan fingerprint density at radius 3 is 2.39 bits per heavy atom. The van der Waals surface area contributed by atoms with Gasteiger partial charge in [0.05, 0.1) is 23.4 Å². The molecule has 3 aromatic heterocycles. The van der Waals surface area contributed by atoms with E-state index in [1.807, 2.05) is 0 Å². The number of carbonyl (C=O) groups excluding carboxylic acids is 1. The standard InChI is InChI=1S/C25H24Cl2F3N7O4/c1-24(2,41)9-7-18(38)22-32-20(33-37(22)17-11-31-10-8-16(17)27)13-36-23(40)35(12-19(39)25(28,29)30)21(34-36)14-3-5-15(26)6-4-14/h3-6,8,10-11,19,39,41H,7,9,12-13H2,1-2H3/t19-/m0/s1. The molecule has 16 heteroatoms. The van der Waals surface area contributed by atoms with Crippen LogP contribution in [0.3, 0.4) is 0 Å². The smallest absolute Gasteiger partial charge is 0.390 e. The maximum absolute atomic E-state index is 13.2. The van der Waals surface area contributed by atoms with Crippen molar-refractivity contribution in [1.82, 2.24) is 34.1 Å². The lowest BCUT2D eigenvalue weighted by Crippen LogP contribution is -2.37. The zero-order valence-corrected chi connectivity index (χ0v) is 23.2. The van der Waals surface area contributed by atoms with Crippen molar-refractivity contribution in [3.8, 4) is 17.1 Å². The Balaban J connectivity index is 1.77. The third kappa shape index (κ3) is 7.19. The molecule has 41 heavy (non-hydrogen) atoms. The van der Waals surface area contributed by atoms with Gasteiger partial charge >= 0.3 is 11.9 Å². The molecule has 0 aliphatic carbocycles. The summed E-state index contributed by atoms with van der Waals surface area (Å²) in [7, 11) is 0. The van der Waals surface area contributed by atoms with E-state index in [9.17, 15) is 33.0 Å². The number of aliphatic hydroxyl groups is 2. The van der Waals surface area contributed by atoms with Gasteiger partial charge in [0.1, 0.15) is 12.2 Å². The Morgan fingerprint density at radius 2 is 1.78 bits per heavy atom. The number of hydrogen-bond donors (Lipinski definition) is 2. The molecule has 2 N–H and O–H groups in total. The first-order chi connectivity index (χ1) is 19.1. The van der Waals surface area contributed by atoms with E-state index in [1.165, 1.54) is 42.7 Å². The van der Waals surface area contributed by atoms with Crippen molar-refractivity contribution >= 4 is 29.0 Å². The maximum Gasteiger partial charge on any atom is 0.416 e. The van der Waals surface area contributed by atoms with Crippen LogP contribution in [0.2, 0.25) is 10.0 Å². The number of halogens is 5.